The predicted octanol–water partition coefficient (Wildman–Crippen LogP) is 24.1. The van der Waals surface area contributed by atoms with Gasteiger partial charge in [-0.25, -0.2) is 8.78 Å². The summed E-state index contributed by atoms with van der Waals surface area (Å²) < 4.78 is 56.9. The van der Waals surface area contributed by atoms with E-state index in [0.717, 1.165) is 103 Å². The van der Waals surface area contributed by atoms with Crippen LogP contribution in [0.2, 0.25) is 0 Å². The Morgan fingerprint density at radius 2 is 0.654 bits per heavy atom. The van der Waals surface area contributed by atoms with E-state index in [-0.39, 0.29) is 33.3 Å². The van der Waals surface area contributed by atoms with Gasteiger partial charge in [0.2, 0.25) is 0 Å². The lowest BCUT2D eigenvalue weighted by atomic mass is 9.67. The topological polar surface area (TPSA) is 43.4 Å². The third kappa shape index (κ3) is 11.7. The van der Waals surface area contributed by atoms with E-state index in [4.69, 9.17) is 18.9 Å². The Hall–Kier alpha value is -10.4. The van der Waals surface area contributed by atoms with Gasteiger partial charge in [-0.3, -0.25) is 0 Å². The first-order chi connectivity index (χ1) is 50.2. The van der Waals surface area contributed by atoms with Crippen molar-refractivity contribution in [1.29, 1.82) is 0 Å². The Kier molecular flexibility index (Phi) is 17.3. The van der Waals surface area contributed by atoms with E-state index in [9.17, 15) is 0 Å². The van der Waals surface area contributed by atoms with Crippen molar-refractivity contribution in [1.82, 2.24) is 0 Å². The highest BCUT2D eigenvalue weighted by atomic mass is 19.1. The lowest BCUT2D eigenvalue weighted by Gasteiger charge is -2.40. The molecule has 2 atom stereocenters. The van der Waals surface area contributed by atoms with Crippen LogP contribution in [0.1, 0.15) is 135 Å². The average Bonchev–Trinajstić information content (AvgIpc) is 1.53. The number of rotatable bonds is 19. The number of ether oxygens (including phenoxy) is 4. The Bertz CT molecular complexity index is 4840. The molecule has 2 aliphatic heterocycles. The number of nitrogens with zero attached hydrogens (tertiary/aromatic N) is 2. The van der Waals surface area contributed by atoms with Gasteiger partial charge >= 0.3 is 0 Å². The molecule has 2 saturated heterocycles. The third-order valence-electron chi connectivity index (χ3n) is 23.2. The van der Waals surface area contributed by atoms with Crippen molar-refractivity contribution in [2.75, 3.05) is 49.4 Å². The number of fused-ring (bicyclic) bond motifs is 6. The van der Waals surface area contributed by atoms with Crippen molar-refractivity contribution in [2.24, 2.45) is 10.8 Å². The normalized spacial score (nSPS) is 17.4. The van der Waals surface area contributed by atoms with Crippen molar-refractivity contribution in [3.8, 4) is 44.9 Å². The zero-order valence-corrected chi connectivity index (χ0v) is 61.3. The van der Waals surface area contributed by atoms with E-state index in [2.05, 4.69) is 296 Å². The van der Waals surface area contributed by atoms with Gasteiger partial charge in [0.1, 0.15) is 23.1 Å². The second-order valence-corrected chi connectivity index (χ2v) is 31.7. The van der Waals surface area contributed by atoms with E-state index >= 15 is 8.78 Å². The van der Waals surface area contributed by atoms with Crippen LogP contribution in [0.15, 0.2) is 267 Å². The molecule has 0 radical (unpaired) electrons. The first kappa shape index (κ1) is 68.1. The molecule has 0 saturated carbocycles. The van der Waals surface area contributed by atoms with Crippen LogP contribution in [-0.4, -0.2) is 39.6 Å². The maximum Gasteiger partial charge on any atom is 0.128 e. The highest BCUT2D eigenvalue weighted by Crippen LogP contribution is 2.60. The number of halogens is 2. The van der Waals surface area contributed by atoms with Crippen molar-refractivity contribution >= 4 is 34.1 Å². The lowest BCUT2D eigenvalue weighted by molar-refractivity contribution is -0.133. The number of anilines is 6. The van der Waals surface area contributed by atoms with Crippen molar-refractivity contribution < 1.29 is 27.7 Å². The van der Waals surface area contributed by atoms with Crippen LogP contribution in [-0.2, 0) is 31.1 Å². The maximum atomic E-state index is 16.2. The SMILES string of the molecule is CCC1(COc2ccc(C3(c4ccc(C(C)(C)C)cc4)c4ccccc4-c4ccc(N(c5ccc(-c6ccc(N(c7ccc(C)c(F)c7)c7ccc8c(c7)C(c7ccc(OCC9(CC)COC9)cc7)(c7ccc(C(C)(C)C)cc7)c7ccccc7-8)cc6)cc5)c5ccc(C)c(F)c5)cc43)cc2)COC1. The minimum Gasteiger partial charge on any atom is -0.493 e. The standard InChI is InChI=1S/C96H90F2N2O4/c1-11-93(57-101-58-93)61-103-79-47-35-71(36-48-79)95(69-31-27-67(28-32-69)91(5,6)7)85-19-15-13-17-81(85)83-51-45-75(53-87(83)95)99(77-39-21-63(3)89(97)55-77)73-41-23-65(24-42-73)66-25-43-74(44-26-66)100(78-40-22-64(4)90(98)56-78)76-46-52-84-82-18-14-16-20-86(82)96(88(84)54-76,70-33-29-68(30-34-70)92(8,9)10)72-37-49-80(50-38-72)104-62-94(12-2)59-102-60-94/h13-56H,11-12,57-62H2,1-10H3. The van der Waals surface area contributed by atoms with Gasteiger partial charge in [-0.05, 0) is 235 Å². The molecule has 2 aliphatic carbocycles. The van der Waals surface area contributed by atoms with Crippen LogP contribution in [0, 0.1) is 36.3 Å². The second-order valence-electron chi connectivity index (χ2n) is 31.7. The Morgan fingerprint density at radius 1 is 0.346 bits per heavy atom. The van der Waals surface area contributed by atoms with E-state index in [1.807, 2.05) is 38.1 Å². The summed E-state index contributed by atoms with van der Waals surface area (Å²) in [6.07, 6.45) is 1.99. The van der Waals surface area contributed by atoms with Crippen LogP contribution in [0.4, 0.5) is 42.9 Å². The highest BCUT2D eigenvalue weighted by Gasteiger charge is 2.49. The summed E-state index contributed by atoms with van der Waals surface area (Å²) in [5.74, 6) is 1.09. The van der Waals surface area contributed by atoms with Gasteiger partial charge in [-0.2, -0.15) is 0 Å². The summed E-state index contributed by atoms with van der Waals surface area (Å²) in [5, 5.41) is 0. The summed E-state index contributed by atoms with van der Waals surface area (Å²) >= 11 is 0. The first-order valence-corrected chi connectivity index (χ1v) is 36.9. The van der Waals surface area contributed by atoms with Gasteiger partial charge in [0.25, 0.3) is 0 Å². The molecule has 0 amide bonds. The van der Waals surface area contributed by atoms with E-state index in [1.165, 1.54) is 33.4 Å². The summed E-state index contributed by atoms with van der Waals surface area (Å²) in [6, 6.07) is 95.3. The van der Waals surface area contributed by atoms with E-state index in [0.29, 0.717) is 62.1 Å². The van der Waals surface area contributed by atoms with Crippen LogP contribution >= 0.6 is 0 Å². The van der Waals surface area contributed by atoms with Crippen LogP contribution < -0.4 is 19.3 Å². The summed E-state index contributed by atoms with van der Waals surface area (Å²) in [5.41, 5.74) is 22.9. The number of hydrogen-bond donors (Lipinski definition) is 0. The molecule has 4 aliphatic rings. The Balaban J connectivity index is 0.779. The molecule has 12 aromatic carbocycles. The molecule has 522 valence electrons. The summed E-state index contributed by atoms with van der Waals surface area (Å²) in [4.78, 5) is 4.36. The zero-order chi connectivity index (χ0) is 71.9. The summed E-state index contributed by atoms with van der Waals surface area (Å²) in [6.45, 7) is 25.7. The molecule has 0 aromatic heterocycles. The Labute approximate surface area is 612 Å². The molecular formula is C96H90F2N2O4. The average molecular weight is 1370 g/mol. The largest absolute Gasteiger partial charge is 0.493 e. The van der Waals surface area contributed by atoms with Crippen molar-refractivity contribution in [3.63, 3.8) is 0 Å². The predicted molar refractivity (Wildman–Crippen MR) is 421 cm³/mol. The van der Waals surface area contributed by atoms with Crippen LogP contribution in [0.3, 0.4) is 0 Å². The van der Waals surface area contributed by atoms with Gasteiger partial charge < -0.3 is 28.7 Å². The van der Waals surface area contributed by atoms with Gasteiger partial charge in [-0.1, -0.05) is 225 Å². The molecule has 8 heteroatoms. The summed E-state index contributed by atoms with van der Waals surface area (Å²) in [7, 11) is 0. The maximum absolute atomic E-state index is 16.2. The lowest BCUT2D eigenvalue weighted by Crippen LogP contribution is -2.46. The van der Waals surface area contributed by atoms with Crippen LogP contribution in [0.25, 0.3) is 33.4 Å². The smallest absolute Gasteiger partial charge is 0.128 e. The molecule has 6 nitrogen and oxygen atoms in total. The molecule has 0 spiro atoms. The molecule has 2 heterocycles. The van der Waals surface area contributed by atoms with E-state index in [1.54, 1.807) is 12.1 Å². The molecule has 2 fully saturated rings. The monoisotopic (exact) mass is 1370 g/mol. The van der Waals surface area contributed by atoms with E-state index < -0.39 is 10.8 Å². The molecule has 104 heavy (non-hydrogen) atoms. The van der Waals surface area contributed by atoms with Gasteiger partial charge in [0, 0.05) is 34.1 Å². The number of hydrogen-bond acceptors (Lipinski definition) is 6. The minimum atomic E-state index is -0.741. The second kappa shape index (κ2) is 26.4. The number of aryl methyl sites for hydroxylation is 2. The first-order valence-electron chi connectivity index (χ1n) is 36.9. The Morgan fingerprint density at radius 3 is 0.971 bits per heavy atom. The molecule has 16 rings (SSSR count). The minimum absolute atomic E-state index is 0.0365. The van der Waals surface area contributed by atoms with Gasteiger partial charge in [0.15, 0.2) is 0 Å². The zero-order valence-electron chi connectivity index (χ0n) is 61.3. The molecule has 2 unspecified atom stereocenters. The van der Waals surface area contributed by atoms with Gasteiger partial charge in [0.05, 0.1) is 61.3 Å². The number of benzene rings is 12. The molecule has 0 N–H and O–H groups in total. The van der Waals surface area contributed by atoms with Crippen molar-refractivity contribution in [2.45, 2.75) is 104 Å². The molecule has 0 bridgehead atoms. The molecule has 12 aromatic rings. The van der Waals surface area contributed by atoms with Crippen molar-refractivity contribution in [3.05, 3.63) is 345 Å². The fourth-order valence-corrected chi connectivity index (χ4v) is 16.4. The highest BCUT2D eigenvalue weighted by molar-refractivity contribution is 5.92. The van der Waals surface area contributed by atoms with Crippen LogP contribution in [0.5, 0.6) is 11.5 Å². The third-order valence-corrected chi connectivity index (χ3v) is 23.2. The fourth-order valence-electron chi connectivity index (χ4n) is 16.4. The fraction of sp³-hybridized carbons (Fsp3) is 0.250. The van der Waals surface area contributed by atoms with Gasteiger partial charge in [-0.15, -0.1) is 0 Å². The quantitative estimate of drug-likeness (QED) is 0.0804. The molecular weight excluding hydrogens is 1280 g/mol.